The van der Waals surface area contributed by atoms with E-state index >= 15 is 0 Å². The molecule has 1 aromatic rings. The Labute approximate surface area is 127 Å². The lowest BCUT2D eigenvalue weighted by Gasteiger charge is -2.08. The second-order valence-electron chi connectivity index (χ2n) is 3.75. The Balaban J connectivity index is 2.43. The number of carboxylic acid groups (broad SMARTS) is 1. The third-order valence-electron chi connectivity index (χ3n) is 2.16. The lowest BCUT2D eigenvalue weighted by molar-refractivity contribution is -0.385. The van der Waals surface area contributed by atoms with Crippen LogP contribution >= 0.6 is 15.9 Å². The molecule has 3 N–H and O–H groups in total. The monoisotopic (exact) mass is 361 g/mol. The van der Waals surface area contributed by atoms with Crippen LogP contribution in [0, 0.1) is 10.1 Å². The first-order valence-corrected chi connectivity index (χ1v) is 6.48. The number of nitro benzene ring substituents is 1. The van der Waals surface area contributed by atoms with E-state index in [9.17, 15) is 19.7 Å². The number of rotatable bonds is 7. The van der Waals surface area contributed by atoms with E-state index < -0.39 is 23.5 Å². The number of nitrogens with zero attached hydrogens (tertiary/aromatic N) is 1. The molecule has 0 saturated heterocycles. The summed E-state index contributed by atoms with van der Waals surface area (Å²) in [4.78, 5) is 31.8. The molecule has 0 aliphatic carbocycles. The van der Waals surface area contributed by atoms with Gasteiger partial charge in [0.25, 0.3) is 5.69 Å². The molecule has 0 heterocycles. The lowest BCUT2D eigenvalue weighted by Crippen LogP contribution is -2.32. The zero-order chi connectivity index (χ0) is 15.8. The number of carbonyl (C=O) groups is 2. The van der Waals surface area contributed by atoms with Crippen molar-refractivity contribution in [3.8, 4) is 0 Å². The number of nitrogens with one attached hydrogen (secondary N) is 2. The average Bonchev–Trinajstić information content (AvgIpc) is 2.40. The van der Waals surface area contributed by atoms with Crippen LogP contribution in [0.15, 0.2) is 22.7 Å². The largest absolute Gasteiger partial charge is 0.480 e. The van der Waals surface area contributed by atoms with Crippen LogP contribution in [0.3, 0.4) is 0 Å². The fourth-order valence-corrected chi connectivity index (χ4v) is 1.69. The standard InChI is InChI=1S/C11H12BrN3O6/c12-8-2-1-7(5-9(8)15(19)20)14-11(18)13-3-4-21-6-10(16)17/h1-2,5H,3-4,6H2,(H,16,17)(H2,13,14,18). The van der Waals surface area contributed by atoms with Crippen LogP contribution in [0.25, 0.3) is 0 Å². The van der Waals surface area contributed by atoms with Crippen LogP contribution in [-0.2, 0) is 9.53 Å². The van der Waals surface area contributed by atoms with E-state index in [0.717, 1.165) is 0 Å². The van der Waals surface area contributed by atoms with Gasteiger partial charge < -0.3 is 20.5 Å². The minimum absolute atomic E-state index is 0.0419. The Morgan fingerprint density at radius 3 is 2.76 bits per heavy atom. The number of ether oxygens (including phenoxy) is 1. The van der Waals surface area contributed by atoms with Crippen molar-refractivity contribution in [3.63, 3.8) is 0 Å². The molecule has 0 saturated carbocycles. The van der Waals surface area contributed by atoms with Crippen molar-refractivity contribution >= 4 is 39.3 Å². The normalized spacial score (nSPS) is 9.95. The van der Waals surface area contributed by atoms with Gasteiger partial charge in [-0.05, 0) is 28.1 Å². The van der Waals surface area contributed by atoms with E-state index in [0.29, 0.717) is 4.47 Å². The predicted molar refractivity (Wildman–Crippen MR) is 76.3 cm³/mol. The molecule has 0 atom stereocenters. The maximum absolute atomic E-state index is 11.5. The number of nitro groups is 1. The summed E-state index contributed by atoms with van der Waals surface area (Å²) in [5, 5.41) is 23.9. The van der Waals surface area contributed by atoms with E-state index in [-0.39, 0.29) is 24.5 Å². The number of benzene rings is 1. The molecule has 1 rings (SSSR count). The number of carbonyl (C=O) groups excluding carboxylic acids is 1. The molecular formula is C11H12BrN3O6. The number of aliphatic carboxylic acids is 1. The topological polar surface area (TPSA) is 131 Å². The maximum atomic E-state index is 11.5. The molecule has 0 radical (unpaired) electrons. The van der Waals surface area contributed by atoms with Gasteiger partial charge >= 0.3 is 12.0 Å². The first-order valence-electron chi connectivity index (χ1n) is 5.68. The minimum Gasteiger partial charge on any atom is -0.480 e. The Bertz CT molecular complexity index is 551. The molecule has 10 heteroatoms. The molecule has 0 bridgehead atoms. The zero-order valence-corrected chi connectivity index (χ0v) is 12.3. The van der Waals surface area contributed by atoms with Crippen LogP contribution in [0.1, 0.15) is 0 Å². The van der Waals surface area contributed by atoms with Gasteiger partial charge in [-0.3, -0.25) is 10.1 Å². The van der Waals surface area contributed by atoms with Gasteiger partial charge in [-0.2, -0.15) is 0 Å². The fraction of sp³-hybridized carbons (Fsp3) is 0.273. The summed E-state index contributed by atoms with van der Waals surface area (Å²) in [7, 11) is 0. The Morgan fingerprint density at radius 2 is 2.14 bits per heavy atom. The van der Waals surface area contributed by atoms with Crippen molar-refractivity contribution in [3.05, 3.63) is 32.8 Å². The van der Waals surface area contributed by atoms with Crippen LogP contribution < -0.4 is 10.6 Å². The van der Waals surface area contributed by atoms with Gasteiger partial charge in [-0.1, -0.05) is 0 Å². The Kier molecular flexibility index (Phi) is 6.56. The molecule has 9 nitrogen and oxygen atoms in total. The predicted octanol–water partition coefficient (Wildman–Crippen LogP) is 1.58. The van der Waals surface area contributed by atoms with Gasteiger partial charge in [0.15, 0.2) is 0 Å². The van der Waals surface area contributed by atoms with E-state index in [2.05, 4.69) is 26.6 Å². The fourth-order valence-electron chi connectivity index (χ4n) is 1.30. The van der Waals surface area contributed by atoms with Crippen molar-refractivity contribution in [1.82, 2.24) is 5.32 Å². The van der Waals surface area contributed by atoms with Crippen LogP contribution in [0.4, 0.5) is 16.2 Å². The summed E-state index contributed by atoms with van der Waals surface area (Å²) in [5.41, 5.74) is 0.0893. The van der Waals surface area contributed by atoms with E-state index in [4.69, 9.17) is 9.84 Å². The molecule has 2 amide bonds. The van der Waals surface area contributed by atoms with Crippen molar-refractivity contribution in [1.29, 1.82) is 0 Å². The summed E-state index contributed by atoms with van der Waals surface area (Å²) in [6, 6.07) is 3.58. The number of anilines is 1. The highest BCUT2D eigenvalue weighted by molar-refractivity contribution is 9.10. The molecule has 0 aliphatic rings. The number of amides is 2. The smallest absolute Gasteiger partial charge is 0.329 e. The van der Waals surface area contributed by atoms with Gasteiger partial charge in [0.1, 0.15) is 6.61 Å². The molecule has 0 spiro atoms. The number of hydrogen-bond acceptors (Lipinski definition) is 5. The lowest BCUT2D eigenvalue weighted by atomic mass is 10.3. The summed E-state index contributed by atoms with van der Waals surface area (Å²) >= 11 is 3.03. The molecule has 0 aromatic heterocycles. The average molecular weight is 362 g/mol. The SMILES string of the molecule is O=C(O)COCCNC(=O)Nc1ccc(Br)c([N+](=O)[O-])c1. The Morgan fingerprint density at radius 1 is 1.43 bits per heavy atom. The van der Waals surface area contributed by atoms with E-state index in [1.165, 1.54) is 18.2 Å². The molecule has 21 heavy (non-hydrogen) atoms. The first kappa shape index (κ1) is 16.9. The summed E-state index contributed by atoms with van der Waals surface area (Å²) in [5.74, 6) is -1.10. The molecule has 0 aliphatic heterocycles. The van der Waals surface area contributed by atoms with Crippen LogP contribution in [0.2, 0.25) is 0 Å². The van der Waals surface area contributed by atoms with Crippen molar-refractivity contribution in [2.75, 3.05) is 25.1 Å². The van der Waals surface area contributed by atoms with Crippen molar-refractivity contribution < 1.29 is 24.4 Å². The van der Waals surface area contributed by atoms with Gasteiger partial charge in [-0.25, -0.2) is 9.59 Å². The van der Waals surface area contributed by atoms with Gasteiger partial charge in [-0.15, -0.1) is 0 Å². The molecule has 0 unspecified atom stereocenters. The van der Waals surface area contributed by atoms with Crippen LogP contribution in [0.5, 0.6) is 0 Å². The van der Waals surface area contributed by atoms with E-state index in [1.807, 2.05) is 0 Å². The zero-order valence-electron chi connectivity index (χ0n) is 10.7. The number of halogens is 1. The minimum atomic E-state index is -1.10. The highest BCUT2D eigenvalue weighted by Gasteiger charge is 2.13. The molecular weight excluding hydrogens is 350 g/mol. The third kappa shape index (κ3) is 6.19. The molecule has 1 aromatic carbocycles. The summed E-state index contributed by atoms with van der Waals surface area (Å²) < 4.78 is 5.03. The maximum Gasteiger partial charge on any atom is 0.329 e. The highest BCUT2D eigenvalue weighted by Crippen LogP contribution is 2.27. The van der Waals surface area contributed by atoms with Gasteiger partial charge in [0.2, 0.25) is 0 Å². The molecule has 0 fully saturated rings. The second-order valence-corrected chi connectivity index (χ2v) is 4.60. The van der Waals surface area contributed by atoms with Gasteiger partial charge in [0.05, 0.1) is 16.0 Å². The Hall–Kier alpha value is -2.20. The quantitative estimate of drug-likeness (QED) is 0.383. The number of carboxylic acids is 1. The summed E-state index contributed by atoms with van der Waals surface area (Å²) in [6.07, 6.45) is 0. The van der Waals surface area contributed by atoms with Crippen molar-refractivity contribution in [2.24, 2.45) is 0 Å². The number of hydrogen-bond donors (Lipinski definition) is 3. The molecule has 114 valence electrons. The van der Waals surface area contributed by atoms with Crippen molar-refractivity contribution in [2.45, 2.75) is 0 Å². The third-order valence-corrected chi connectivity index (χ3v) is 2.83. The second kappa shape index (κ2) is 8.17. The van der Waals surface area contributed by atoms with Crippen LogP contribution in [-0.4, -0.2) is 41.8 Å². The summed E-state index contributed by atoms with van der Waals surface area (Å²) in [6.45, 7) is -0.292. The first-order chi connectivity index (χ1) is 9.90. The van der Waals surface area contributed by atoms with E-state index in [1.54, 1.807) is 0 Å². The van der Waals surface area contributed by atoms with Gasteiger partial charge in [0, 0.05) is 18.3 Å². The highest BCUT2D eigenvalue weighted by atomic mass is 79.9. The number of urea groups is 1.